The van der Waals surface area contributed by atoms with Gasteiger partial charge >= 0.3 is 6.09 Å². The van der Waals surface area contributed by atoms with Crippen LogP contribution >= 0.6 is 0 Å². The zero-order chi connectivity index (χ0) is 35.1. The molecule has 4 N–H and O–H groups in total. The van der Waals surface area contributed by atoms with Crippen LogP contribution in [0.2, 0.25) is 0 Å². The number of nitrogens with zero attached hydrogens (tertiary/aromatic N) is 1. The molecule has 47 heavy (non-hydrogen) atoms. The number of Topliss-reactive ketones (excluding diaryl/α,β-unsaturated/α-hetero) is 2. The van der Waals surface area contributed by atoms with Crippen molar-refractivity contribution in [3.63, 3.8) is 0 Å². The number of nitrogens with one attached hydrogen (secondary N) is 2. The van der Waals surface area contributed by atoms with Crippen LogP contribution < -0.4 is 21.1 Å². The molecule has 0 aliphatic carbocycles. The van der Waals surface area contributed by atoms with E-state index in [1.165, 1.54) is 11.8 Å². The molecule has 0 radical (unpaired) electrons. The quantitative estimate of drug-likeness (QED) is 0.337. The summed E-state index contributed by atoms with van der Waals surface area (Å²) in [6.07, 6.45) is 1.12. The Morgan fingerprint density at radius 3 is 2.40 bits per heavy atom. The van der Waals surface area contributed by atoms with Gasteiger partial charge in [-0.05, 0) is 101 Å². The van der Waals surface area contributed by atoms with Gasteiger partial charge in [0.15, 0.2) is 11.6 Å². The number of hydrogen-bond donors (Lipinski definition) is 3. The van der Waals surface area contributed by atoms with Crippen LogP contribution in [-0.2, 0) is 30.3 Å². The Labute approximate surface area is 277 Å². The van der Waals surface area contributed by atoms with Crippen molar-refractivity contribution in [3.8, 4) is 16.9 Å². The monoisotopic (exact) mass is 650 g/mol. The van der Waals surface area contributed by atoms with Gasteiger partial charge < -0.3 is 30.7 Å². The lowest BCUT2D eigenvalue weighted by Gasteiger charge is -2.31. The van der Waals surface area contributed by atoms with Crippen molar-refractivity contribution in [3.05, 3.63) is 53.1 Å². The van der Waals surface area contributed by atoms with Gasteiger partial charge in [0.25, 0.3) is 0 Å². The molecule has 0 spiro atoms. The van der Waals surface area contributed by atoms with Gasteiger partial charge in [0.1, 0.15) is 17.4 Å². The number of alkyl carbamates (subject to hydrolysis) is 1. The smallest absolute Gasteiger partial charge is 0.407 e. The summed E-state index contributed by atoms with van der Waals surface area (Å²) in [6, 6.07) is 8.55. The minimum absolute atomic E-state index is 0.151. The van der Waals surface area contributed by atoms with Crippen LogP contribution in [0.1, 0.15) is 83.0 Å². The van der Waals surface area contributed by atoms with E-state index in [0.717, 1.165) is 22.3 Å². The molecule has 1 aliphatic rings. The summed E-state index contributed by atoms with van der Waals surface area (Å²) in [5, 5.41) is 5.52. The van der Waals surface area contributed by atoms with Crippen LogP contribution in [0.25, 0.3) is 11.1 Å². The van der Waals surface area contributed by atoms with Crippen molar-refractivity contribution in [2.24, 2.45) is 11.7 Å². The predicted octanol–water partition coefficient (Wildman–Crippen LogP) is 4.42. The van der Waals surface area contributed by atoms with Gasteiger partial charge in [0.05, 0.1) is 19.2 Å². The summed E-state index contributed by atoms with van der Waals surface area (Å²) < 4.78 is 10.9. The lowest BCUT2D eigenvalue weighted by Crippen LogP contribution is -2.47. The molecule has 11 nitrogen and oxygen atoms in total. The molecule has 1 heterocycles. The Hall–Kier alpha value is -4.25. The number of ketones is 2. The number of unbranched alkanes of at least 4 members (excludes halogenated alkanes) is 1. The minimum Gasteiger partial charge on any atom is -0.496 e. The fourth-order valence-electron chi connectivity index (χ4n) is 5.68. The van der Waals surface area contributed by atoms with Crippen LogP contribution in [0.3, 0.4) is 0 Å². The number of aryl methyl sites for hydroxylation is 1. The Morgan fingerprint density at radius 1 is 1.06 bits per heavy atom. The first-order chi connectivity index (χ1) is 22.0. The number of ether oxygens (including phenoxy) is 2. The lowest BCUT2D eigenvalue weighted by atomic mass is 9.88. The second-order valence-electron chi connectivity index (χ2n) is 13.4. The van der Waals surface area contributed by atoms with Gasteiger partial charge in [-0.2, -0.15) is 0 Å². The van der Waals surface area contributed by atoms with Crippen LogP contribution in [0, 0.1) is 12.8 Å². The second-order valence-corrected chi connectivity index (χ2v) is 13.4. The van der Waals surface area contributed by atoms with E-state index in [4.69, 9.17) is 15.2 Å². The summed E-state index contributed by atoms with van der Waals surface area (Å²) in [6.45, 7) is 10.7. The number of hydrogen-bond acceptors (Lipinski definition) is 8. The highest BCUT2D eigenvalue weighted by Gasteiger charge is 2.34. The SMILES string of the molecule is COc1ccc2cc1-c1cc(ccc1C)[C@H](N(C)C(=O)[C@@H](N)CCCCNC(=O)OC(C)(C)C)C(=O)C[C@@H](C)C(=O)N[C@H](C(C)=O)C2. The van der Waals surface area contributed by atoms with Crippen molar-refractivity contribution in [1.82, 2.24) is 15.5 Å². The van der Waals surface area contributed by atoms with Crippen LogP contribution in [-0.4, -0.2) is 72.8 Å². The number of amides is 3. The van der Waals surface area contributed by atoms with E-state index in [1.807, 2.05) is 43.3 Å². The van der Waals surface area contributed by atoms with Gasteiger partial charge in [-0.1, -0.05) is 25.1 Å². The maximum atomic E-state index is 14.0. The maximum Gasteiger partial charge on any atom is 0.407 e. The topological polar surface area (TPSA) is 157 Å². The van der Waals surface area contributed by atoms with Crippen molar-refractivity contribution < 1.29 is 33.4 Å². The number of rotatable bonds is 9. The number of carbonyl (C=O) groups excluding carboxylic acids is 5. The standard InChI is InChI=1S/C36H50N4O7/c1-21-12-14-25-20-26(21)27-18-24(13-15-31(27)46-8)19-29(23(3)41)39-33(43)22(2)17-30(42)32(25)40(7)34(44)28(37)11-9-10-16-38-35(45)47-36(4,5)6/h12-15,18,20,22,28-29,32H,9-11,16-17,19,37H2,1-8H3,(H,38,45)(H,39,43)/t22-,28+,29+,32+/m1/s1. The van der Waals surface area contributed by atoms with Crippen LogP contribution in [0.5, 0.6) is 5.75 Å². The number of nitrogens with two attached hydrogens (primary N) is 1. The van der Waals surface area contributed by atoms with Gasteiger partial charge in [-0.3, -0.25) is 19.2 Å². The highest BCUT2D eigenvalue weighted by Crippen LogP contribution is 2.37. The third-order valence-corrected chi connectivity index (χ3v) is 8.30. The second kappa shape index (κ2) is 16.0. The van der Waals surface area contributed by atoms with E-state index in [9.17, 15) is 24.0 Å². The molecular weight excluding hydrogens is 600 g/mol. The van der Waals surface area contributed by atoms with E-state index in [1.54, 1.807) is 41.9 Å². The molecule has 4 bridgehead atoms. The molecule has 1 aliphatic heterocycles. The Bertz CT molecular complexity index is 1480. The zero-order valence-corrected chi connectivity index (χ0v) is 28.9. The Morgan fingerprint density at radius 2 is 1.77 bits per heavy atom. The van der Waals surface area contributed by atoms with Crippen molar-refractivity contribution in [2.45, 2.75) is 97.4 Å². The van der Waals surface area contributed by atoms with Crippen molar-refractivity contribution in [1.29, 1.82) is 0 Å². The average molecular weight is 651 g/mol. The van der Waals surface area contributed by atoms with E-state index in [0.29, 0.717) is 37.1 Å². The summed E-state index contributed by atoms with van der Waals surface area (Å²) in [5.74, 6) is -1.51. The molecule has 0 saturated heterocycles. The molecule has 11 heteroatoms. The summed E-state index contributed by atoms with van der Waals surface area (Å²) in [7, 11) is 3.12. The summed E-state index contributed by atoms with van der Waals surface area (Å²) >= 11 is 0. The zero-order valence-electron chi connectivity index (χ0n) is 28.9. The van der Waals surface area contributed by atoms with E-state index >= 15 is 0 Å². The highest BCUT2D eigenvalue weighted by atomic mass is 16.6. The lowest BCUT2D eigenvalue weighted by molar-refractivity contribution is -0.140. The third kappa shape index (κ3) is 10.1. The number of benzene rings is 2. The van der Waals surface area contributed by atoms with Crippen LogP contribution in [0.4, 0.5) is 4.79 Å². The number of methoxy groups -OCH3 is 1. The van der Waals surface area contributed by atoms with E-state index in [2.05, 4.69) is 10.6 Å². The molecular formula is C36H50N4O7. The molecule has 256 valence electrons. The van der Waals surface area contributed by atoms with Gasteiger partial charge in [-0.25, -0.2) is 4.79 Å². The first kappa shape index (κ1) is 37.2. The first-order valence-electron chi connectivity index (χ1n) is 16.1. The molecule has 3 rings (SSSR count). The largest absolute Gasteiger partial charge is 0.496 e. The van der Waals surface area contributed by atoms with Gasteiger partial charge in [-0.15, -0.1) is 0 Å². The molecule has 0 unspecified atom stereocenters. The predicted molar refractivity (Wildman–Crippen MR) is 180 cm³/mol. The van der Waals surface area contributed by atoms with E-state index in [-0.39, 0.29) is 24.4 Å². The fourth-order valence-corrected chi connectivity index (χ4v) is 5.68. The fraction of sp³-hybridized carbons (Fsp3) is 0.528. The molecule has 0 saturated carbocycles. The van der Waals surface area contributed by atoms with Crippen LogP contribution in [0.15, 0.2) is 36.4 Å². The van der Waals surface area contributed by atoms with Crippen molar-refractivity contribution >= 4 is 29.5 Å². The van der Waals surface area contributed by atoms with Gasteiger partial charge in [0, 0.05) is 31.5 Å². The maximum absolute atomic E-state index is 14.0. The molecule has 0 fully saturated rings. The van der Waals surface area contributed by atoms with Crippen molar-refractivity contribution in [2.75, 3.05) is 20.7 Å². The summed E-state index contributed by atoms with van der Waals surface area (Å²) in [5.41, 5.74) is 9.68. The number of carbonyl (C=O) groups is 5. The number of likely N-dealkylation sites (N-methyl/N-ethyl adjacent to an activating group) is 1. The Kier molecular flexibility index (Phi) is 12.7. The van der Waals surface area contributed by atoms with E-state index < -0.39 is 47.6 Å². The third-order valence-electron chi connectivity index (χ3n) is 8.30. The molecule has 4 atom stereocenters. The van der Waals surface area contributed by atoms with Gasteiger partial charge in [0.2, 0.25) is 11.8 Å². The summed E-state index contributed by atoms with van der Waals surface area (Å²) in [4.78, 5) is 66.7. The first-order valence-corrected chi connectivity index (χ1v) is 16.1. The molecule has 2 aromatic carbocycles. The molecule has 2 aromatic rings. The minimum atomic E-state index is -1.02. The number of fused-ring (bicyclic) bond motifs is 5. The average Bonchev–Trinajstić information content (AvgIpc) is 2.99. The highest BCUT2D eigenvalue weighted by molar-refractivity contribution is 5.95. The molecule has 3 amide bonds. The Balaban J connectivity index is 1.92. The molecule has 0 aromatic heterocycles. The normalized spacial score (nSPS) is 19.1.